The van der Waals surface area contributed by atoms with E-state index in [0.29, 0.717) is 78.2 Å². The van der Waals surface area contributed by atoms with Gasteiger partial charge in [-0.15, -0.1) is 0 Å². The second kappa shape index (κ2) is 46.4. The van der Waals surface area contributed by atoms with Crippen LogP contribution < -0.4 is 0 Å². The molecule has 0 atom stereocenters. The van der Waals surface area contributed by atoms with Crippen LogP contribution in [0.3, 0.4) is 0 Å². The third-order valence-electron chi connectivity index (χ3n) is 7.97. The summed E-state index contributed by atoms with van der Waals surface area (Å²) >= 11 is 0. The van der Waals surface area contributed by atoms with E-state index in [0.717, 1.165) is 24.0 Å². The van der Waals surface area contributed by atoms with Gasteiger partial charge in [-0.3, -0.25) is 28.8 Å². The Hall–Kier alpha value is -4.74. The number of ether oxygens (including phenoxy) is 6. The lowest BCUT2D eigenvalue weighted by atomic mass is 9.92. The normalized spacial score (nSPS) is 10.8. The monoisotopic (exact) mass is 1080 g/mol. The second-order valence-electron chi connectivity index (χ2n) is 24.8. The van der Waals surface area contributed by atoms with Gasteiger partial charge in [0.2, 0.25) is 0 Å². The van der Waals surface area contributed by atoms with E-state index in [2.05, 4.69) is 0 Å². The molecular weight excluding hydrogens is 961 g/mol. The van der Waals surface area contributed by atoms with E-state index in [1.165, 1.54) is 0 Å². The fourth-order valence-electron chi connectivity index (χ4n) is 4.65. The summed E-state index contributed by atoms with van der Waals surface area (Å²) in [5, 5.41) is 0. The van der Waals surface area contributed by atoms with Gasteiger partial charge in [0.15, 0.2) is 0 Å². The molecule has 0 heterocycles. The highest BCUT2D eigenvalue weighted by Gasteiger charge is 2.19. The van der Waals surface area contributed by atoms with Crippen LogP contribution in [0.4, 0.5) is 0 Å². The molecule has 12 nitrogen and oxygen atoms in total. The van der Waals surface area contributed by atoms with Gasteiger partial charge >= 0.3 is 35.8 Å². The maximum atomic E-state index is 11.4. The second-order valence-corrected chi connectivity index (χ2v) is 24.8. The summed E-state index contributed by atoms with van der Waals surface area (Å²) in [5.74, 6) is -0.672. The highest BCUT2D eigenvalue weighted by Crippen LogP contribution is 2.21. The topological polar surface area (TPSA) is 158 Å². The van der Waals surface area contributed by atoms with Crippen molar-refractivity contribution in [2.24, 2.45) is 32.5 Å². The predicted octanol–water partition coefficient (Wildman–Crippen LogP) is 16.8. The van der Waals surface area contributed by atoms with Gasteiger partial charge < -0.3 is 28.4 Å². The largest absolute Gasteiger partial charge is 0.466 e. The molecule has 76 heavy (non-hydrogen) atoms. The molecule has 0 aromatic heterocycles. The molecule has 2 rings (SSSR count). The third-order valence-corrected chi connectivity index (χ3v) is 7.97. The van der Waals surface area contributed by atoms with E-state index in [4.69, 9.17) is 28.4 Å². The summed E-state index contributed by atoms with van der Waals surface area (Å²) in [7, 11) is 0. The first-order valence-corrected chi connectivity index (χ1v) is 27.8. The molecule has 0 spiro atoms. The van der Waals surface area contributed by atoms with Gasteiger partial charge in [-0.2, -0.15) is 0 Å². The van der Waals surface area contributed by atoms with E-state index in [1.54, 1.807) is 6.92 Å². The Kier molecular flexibility index (Phi) is 50.4. The average Bonchev–Trinajstić information content (AvgIpc) is 3.29. The summed E-state index contributed by atoms with van der Waals surface area (Å²) in [5.41, 5.74) is 2.32. The minimum absolute atomic E-state index is 0.00618. The number of esters is 6. The van der Waals surface area contributed by atoms with Crippen LogP contribution in [0, 0.1) is 32.5 Å². The standard InChI is InChI=1S/2C13H18O2.2C9H18O2.2C8H16O2.2C2H6/c1-13(2,3)9-12(14)15-10-11-7-5-4-6-8-11;1-13(2,3)10-15-12(14)9-11-7-5-4-6-8-11;1-5-6-11-8(10)7-9(2,3)4;1-5-6-8(10)11-7-9(2,3)4;1-5-10-7(9)6-8(2,3)4;1-5-7(9)10-6-8(2,3)4;2*1-2/h2*4-8H,9-10H2,1-3H3;2*5-7H2,1-4H3;2*5-6H2,1-4H3;2*1-2H3. The van der Waals surface area contributed by atoms with Crippen molar-refractivity contribution in [3.63, 3.8) is 0 Å². The van der Waals surface area contributed by atoms with Crippen LogP contribution in [-0.2, 0) is 70.2 Å². The van der Waals surface area contributed by atoms with Gasteiger partial charge in [0, 0.05) is 12.8 Å². The van der Waals surface area contributed by atoms with E-state index < -0.39 is 0 Å². The first-order valence-electron chi connectivity index (χ1n) is 27.8. The Morgan fingerprint density at radius 3 is 1.00 bits per heavy atom. The quantitative estimate of drug-likeness (QED) is 0.116. The third kappa shape index (κ3) is 75.8. The highest BCUT2D eigenvalue weighted by atomic mass is 16.6. The van der Waals surface area contributed by atoms with E-state index in [9.17, 15) is 28.8 Å². The molecule has 0 radical (unpaired) electrons. The molecule has 0 unspecified atom stereocenters. The molecule has 444 valence electrons. The predicted molar refractivity (Wildman–Crippen MR) is 316 cm³/mol. The fourth-order valence-corrected chi connectivity index (χ4v) is 4.65. The van der Waals surface area contributed by atoms with Crippen LogP contribution in [0.5, 0.6) is 0 Å². The number of carbonyl (C=O) groups excluding carboxylic acids is 6. The molecule has 0 fully saturated rings. The molecule has 2 aromatic rings. The molecule has 0 saturated heterocycles. The summed E-state index contributed by atoms with van der Waals surface area (Å²) in [6, 6.07) is 19.4. The summed E-state index contributed by atoms with van der Waals surface area (Å²) < 4.78 is 30.0. The van der Waals surface area contributed by atoms with Crippen molar-refractivity contribution < 1.29 is 57.2 Å². The number of hydrogen-bond acceptors (Lipinski definition) is 12. The molecule has 0 bridgehead atoms. The lowest BCUT2D eigenvalue weighted by Crippen LogP contribution is -2.19. The Labute approximate surface area is 466 Å². The van der Waals surface area contributed by atoms with Gasteiger partial charge in [-0.1, -0.05) is 234 Å². The van der Waals surface area contributed by atoms with Gasteiger partial charge in [-0.25, -0.2) is 0 Å². The summed E-state index contributed by atoms with van der Waals surface area (Å²) in [6.07, 6.45) is 4.59. The molecule has 0 saturated carbocycles. The van der Waals surface area contributed by atoms with Crippen molar-refractivity contribution >= 4 is 35.8 Å². The Morgan fingerprint density at radius 2 is 0.684 bits per heavy atom. The maximum absolute atomic E-state index is 11.4. The Balaban J connectivity index is -0.000000192. The van der Waals surface area contributed by atoms with Crippen LogP contribution >= 0.6 is 0 Å². The lowest BCUT2D eigenvalue weighted by molar-refractivity contribution is -0.147. The van der Waals surface area contributed by atoms with Gasteiger partial charge in [0.25, 0.3) is 0 Å². The molecule has 0 amide bonds. The molecule has 12 heteroatoms. The van der Waals surface area contributed by atoms with Crippen molar-refractivity contribution in [1.82, 2.24) is 0 Å². The number of carbonyl (C=O) groups is 6. The van der Waals surface area contributed by atoms with Crippen LogP contribution in [0.1, 0.15) is 236 Å². The SMILES string of the molecule is CC.CC.CC(C)(C)CC(=O)OCc1ccccc1.CC(C)(C)COC(=O)Cc1ccccc1.CCC(=O)OCC(C)(C)C.CCCC(=O)OCC(C)(C)C.CCCOC(=O)CC(C)(C)C.CCOC(=O)CC(C)(C)C. The zero-order valence-corrected chi connectivity index (χ0v) is 53.6. The average molecular weight is 1080 g/mol. The zero-order chi connectivity index (χ0) is 60.8. The molecule has 0 aliphatic carbocycles. The van der Waals surface area contributed by atoms with Crippen LogP contribution in [0.15, 0.2) is 60.7 Å². The van der Waals surface area contributed by atoms with Gasteiger partial charge in [0.1, 0.15) is 6.61 Å². The molecule has 0 aliphatic heterocycles. The molecule has 0 aliphatic rings. The van der Waals surface area contributed by atoms with Crippen molar-refractivity contribution in [2.75, 3.05) is 33.0 Å². The molecule has 0 N–H and O–H groups in total. The lowest BCUT2D eigenvalue weighted by Gasteiger charge is -2.17. The Bertz CT molecular complexity index is 1730. The van der Waals surface area contributed by atoms with E-state index in [1.807, 2.05) is 234 Å². The van der Waals surface area contributed by atoms with Crippen LogP contribution in [0.2, 0.25) is 0 Å². The minimum atomic E-state index is -0.156. The maximum Gasteiger partial charge on any atom is 0.310 e. The van der Waals surface area contributed by atoms with Crippen molar-refractivity contribution in [3.8, 4) is 0 Å². The van der Waals surface area contributed by atoms with E-state index in [-0.39, 0.29) is 68.3 Å². The summed E-state index contributed by atoms with van der Waals surface area (Å²) in [6.45, 7) is 55.1. The highest BCUT2D eigenvalue weighted by molar-refractivity contribution is 5.73. The number of benzene rings is 2. The van der Waals surface area contributed by atoms with Crippen molar-refractivity contribution in [2.45, 2.75) is 238 Å². The number of hydrogen-bond donors (Lipinski definition) is 0. The summed E-state index contributed by atoms with van der Waals surface area (Å²) in [4.78, 5) is 66.2. The van der Waals surface area contributed by atoms with E-state index >= 15 is 0 Å². The first kappa shape index (κ1) is 82.6. The van der Waals surface area contributed by atoms with Crippen molar-refractivity contribution in [3.05, 3.63) is 71.8 Å². The van der Waals surface area contributed by atoms with Crippen molar-refractivity contribution in [1.29, 1.82) is 0 Å². The fraction of sp³-hybridized carbons (Fsp3) is 0.719. The first-order chi connectivity index (χ1) is 34.8. The number of rotatable bonds is 16. The Morgan fingerprint density at radius 1 is 0.355 bits per heavy atom. The van der Waals surface area contributed by atoms with Gasteiger partial charge in [0.05, 0.1) is 58.7 Å². The molecule has 2 aromatic carbocycles. The smallest absolute Gasteiger partial charge is 0.310 e. The van der Waals surface area contributed by atoms with Gasteiger partial charge in [-0.05, 0) is 63.4 Å². The van der Waals surface area contributed by atoms with Crippen LogP contribution in [-0.4, -0.2) is 68.9 Å². The minimum Gasteiger partial charge on any atom is -0.466 e. The zero-order valence-electron chi connectivity index (χ0n) is 53.6. The van der Waals surface area contributed by atoms with Crippen LogP contribution in [0.25, 0.3) is 0 Å². The molecular formula is C64H116O12.